The second-order valence-electron chi connectivity index (χ2n) is 5.12. The van der Waals surface area contributed by atoms with E-state index in [-0.39, 0.29) is 11.7 Å². The van der Waals surface area contributed by atoms with Crippen molar-refractivity contribution >= 4 is 5.97 Å². The van der Waals surface area contributed by atoms with Crippen molar-refractivity contribution in [2.45, 2.75) is 39.7 Å². The minimum Gasteiger partial charge on any atom is -0.481 e. The number of nitrogens with one attached hydrogen (secondary N) is 1. The molecule has 2 aromatic heterocycles. The number of H-pyrrole nitrogens is 1. The largest absolute Gasteiger partial charge is 0.481 e. The van der Waals surface area contributed by atoms with E-state index in [0.29, 0.717) is 17.0 Å². The van der Waals surface area contributed by atoms with Crippen LogP contribution in [0.15, 0.2) is 17.2 Å². The van der Waals surface area contributed by atoms with Gasteiger partial charge in [-0.05, 0) is 27.7 Å². The Morgan fingerprint density at radius 3 is 2.57 bits per heavy atom. The highest BCUT2D eigenvalue weighted by molar-refractivity contribution is 5.76. The molecule has 2 heterocycles. The van der Waals surface area contributed by atoms with Crippen molar-refractivity contribution in [2.75, 3.05) is 0 Å². The van der Waals surface area contributed by atoms with Crippen LogP contribution in [0, 0.1) is 13.8 Å². The summed E-state index contributed by atoms with van der Waals surface area (Å²) in [5, 5.41) is 15.8. The number of carbonyl (C=O) groups is 1. The van der Waals surface area contributed by atoms with Crippen molar-refractivity contribution in [2.24, 2.45) is 0 Å². The molecule has 0 saturated heterocycles. The van der Waals surface area contributed by atoms with Crippen LogP contribution in [0.4, 0.5) is 0 Å². The molecule has 2 unspecified atom stereocenters. The zero-order chi connectivity index (χ0) is 15.7. The molecule has 7 nitrogen and oxygen atoms in total. The van der Waals surface area contributed by atoms with Crippen molar-refractivity contribution in [3.8, 4) is 0 Å². The molecule has 0 saturated carbocycles. The van der Waals surface area contributed by atoms with E-state index in [1.807, 2.05) is 6.92 Å². The molecule has 0 aliphatic rings. The molecule has 0 fully saturated rings. The second-order valence-corrected chi connectivity index (χ2v) is 5.12. The lowest BCUT2D eigenvalue weighted by molar-refractivity contribution is -0.138. The lowest BCUT2D eigenvalue weighted by Gasteiger charge is -2.21. The molecule has 7 heteroatoms. The predicted octanol–water partition coefficient (Wildman–Crippen LogP) is 1.38. The first-order chi connectivity index (χ1) is 9.84. The summed E-state index contributed by atoms with van der Waals surface area (Å²) in [6, 6.07) is -0.274. The van der Waals surface area contributed by atoms with Gasteiger partial charge in [0.05, 0.1) is 18.2 Å². The molecule has 0 aliphatic heterocycles. The van der Waals surface area contributed by atoms with Gasteiger partial charge in [0.1, 0.15) is 0 Å². The topological polar surface area (TPSA) is 101 Å². The van der Waals surface area contributed by atoms with Crippen LogP contribution >= 0.6 is 0 Å². The van der Waals surface area contributed by atoms with Gasteiger partial charge in [-0.15, -0.1) is 0 Å². The SMILES string of the molecule is Cc1nc(=O)n(C(C)c2cn[nH]c2)c(C)c1C(C)C(=O)O. The van der Waals surface area contributed by atoms with E-state index >= 15 is 0 Å². The number of aromatic amines is 1. The third-order valence-electron chi connectivity index (χ3n) is 3.80. The van der Waals surface area contributed by atoms with Gasteiger partial charge >= 0.3 is 11.7 Å². The standard InChI is InChI=1S/C14H18N4O3/c1-7(13(19)20)12-8(2)17-14(21)18(10(12)4)9(3)11-5-15-16-6-11/h5-7,9H,1-4H3,(H,15,16)(H,19,20). The molecule has 2 N–H and O–H groups in total. The minimum atomic E-state index is -0.941. The van der Waals surface area contributed by atoms with Gasteiger partial charge in [0.2, 0.25) is 0 Å². The van der Waals surface area contributed by atoms with Crippen molar-refractivity contribution in [1.82, 2.24) is 19.7 Å². The van der Waals surface area contributed by atoms with Gasteiger partial charge in [0, 0.05) is 28.7 Å². The van der Waals surface area contributed by atoms with E-state index in [2.05, 4.69) is 15.2 Å². The Labute approximate surface area is 121 Å². The van der Waals surface area contributed by atoms with Gasteiger partial charge in [-0.2, -0.15) is 10.1 Å². The van der Waals surface area contributed by atoms with Gasteiger partial charge in [0.25, 0.3) is 0 Å². The van der Waals surface area contributed by atoms with Crippen LogP contribution in [-0.2, 0) is 4.79 Å². The third kappa shape index (κ3) is 2.58. The first kappa shape index (κ1) is 15.0. The van der Waals surface area contributed by atoms with Crippen molar-refractivity contribution in [3.63, 3.8) is 0 Å². The maximum Gasteiger partial charge on any atom is 0.348 e. The Morgan fingerprint density at radius 2 is 2.05 bits per heavy atom. The molecular weight excluding hydrogens is 272 g/mol. The Hall–Kier alpha value is -2.44. The Kier molecular flexibility index (Phi) is 3.93. The molecular formula is C14H18N4O3. The summed E-state index contributed by atoms with van der Waals surface area (Å²) in [6.07, 6.45) is 3.34. The highest BCUT2D eigenvalue weighted by Gasteiger charge is 2.24. The summed E-state index contributed by atoms with van der Waals surface area (Å²) in [6.45, 7) is 6.86. The maximum atomic E-state index is 12.2. The van der Waals surface area contributed by atoms with E-state index < -0.39 is 11.9 Å². The molecule has 0 aliphatic carbocycles. The number of aromatic nitrogens is 4. The van der Waals surface area contributed by atoms with E-state index in [9.17, 15) is 14.7 Å². The summed E-state index contributed by atoms with van der Waals surface area (Å²) in [4.78, 5) is 27.5. The van der Waals surface area contributed by atoms with Crippen LogP contribution in [0.1, 0.15) is 48.3 Å². The van der Waals surface area contributed by atoms with E-state index in [1.54, 1.807) is 33.2 Å². The van der Waals surface area contributed by atoms with Gasteiger partial charge in [-0.25, -0.2) is 4.79 Å². The third-order valence-corrected chi connectivity index (χ3v) is 3.80. The summed E-state index contributed by atoms with van der Waals surface area (Å²) in [5.41, 5.74) is 2.11. The fraction of sp³-hybridized carbons (Fsp3) is 0.429. The molecule has 0 spiro atoms. The smallest absolute Gasteiger partial charge is 0.348 e. The van der Waals surface area contributed by atoms with Crippen LogP contribution < -0.4 is 5.69 Å². The van der Waals surface area contributed by atoms with Crippen molar-refractivity contribution < 1.29 is 9.90 Å². The Balaban J connectivity index is 2.65. The zero-order valence-corrected chi connectivity index (χ0v) is 12.4. The minimum absolute atomic E-state index is 0.274. The Morgan fingerprint density at radius 1 is 1.38 bits per heavy atom. The van der Waals surface area contributed by atoms with Gasteiger partial charge in [0.15, 0.2) is 0 Å². The number of nitrogens with zero attached hydrogens (tertiary/aromatic N) is 3. The average Bonchev–Trinajstić information content (AvgIpc) is 2.91. The zero-order valence-electron chi connectivity index (χ0n) is 12.4. The number of aryl methyl sites for hydroxylation is 1. The fourth-order valence-corrected chi connectivity index (χ4v) is 2.64. The maximum absolute atomic E-state index is 12.2. The highest BCUT2D eigenvalue weighted by Crippen LogP contribution is 2.24. The number of hydrogen-bond acceptors (Lipinski definition) is 4. The monoisotopic (exact) mass is 290 g/mol. The molecule has 2 atom stereocenters. The molecule has 2 rings (SSSR count). The van der Waals surface area contributed by atoms with Gasteiger partial charge in [-0.3, -0.25) is 14.5 Å². The summed E-state index contributed by atoms with van der Waals surface area (Å²) in [5.74, 6) is -1.66. The normalized spacial score (nSPS) is 13.9. The lowest BCUT2D eigenvalue weighted by Crippen LogP contribution is -2.31. The van der Waals surface area contributed by atoms with Crippen molar-refractivity contribution in [3.05, 3.63) is 45.4 Å². The summed E-state index contributed by atoms with van der Waals surface area (Å²) in [7, 11) is 0. The van der Waals surface area contributed by atoms with Crippen LogP contribution in [0.2, 0.25) is 0 Å². The predicted molar refractivity (Wildman–Crippen MR) is 76.4 cm³/mol. The lowest BCUT2D eigenvalue weighted by atomic mass is 9.97. The van der Waals surface area contributed by atoms with Crippen LogP contribution in [0.3, 0.4) is 0 Å². The van der Waals surface area contributed by atoms with E-state index in [1.165, 1.54) is 4.57 Å². The van der Waals surface area contributed by atoms with Crippen LogP contribution in [0.25, 0.3) is 0 Å². The number of rotatable bonds is 4. The molecule has 0 amide bonds. The first-order valence-corrected chi connectivity index (χ1v) is 6.65. The quantitative estimate of drug-likeness (QED) is 0.886. The first-order valence-electron chi connectivity index (χ1n) is 6.65. The number of carboxylic acids is 1. The number of aliphatic carboxylic acids is 1. The van der Waals surface area contributed by atoms with Crippen LogP contribution in [0.5, 0.6) is 0 Å². The molecule has 112 valence electrons. The fourth-order valence-electron chi connectivity index (χ4n) is 2.64. The summed E-state index contributed by atoms with van der Waals surface area (Å²) < 4.78 is 1.51. The summed E-state index contributed by atoms with van der Waals surface area (Å²) >= 11 is 0. The second kappa shape index (κ2) is 5.51. The molecule has 0 aromatic carbocycles. The molecule has 21 heavy (non-hydrogen) atoms. The van der Waals surface area contributed by atoms with Crippen LogP contribution in [-0.4, -0.2) is 30.8 Å². The molecule has 0 bridgehead atoms. The Bertz CT molecular complexity index is 719. The van der Waals surface area contributed by atoms with Crippen molar-refractivity contribution in [1.29, 1.82) is 0 Å². The number of hydrogen-bond donors (Lipinski definition) is 2. The highest BCUT2D eigenvalue weighted by atomic mass is 16.4. The van der Waals surface area contributed by atoms with E-state index in [0.717, 1.165) is 5.56 Å². The van der Waals surface area contributed by atoms with Gasteiger partial charge < -0.3 is 5.11 Å². The number of carboxylic acid groups (broad SMARTS) is 1. The molecule has 0 radical (unpaired) electrons. The molecule has 2 aromatic rings. The van der Waals surface area contributed by atoms with E-state index in [4.69, 9.17) is 0 Å². The average molecular weight is 290 g/mol. The van der Waals surface area contributed by atoms with Gasteiger partial charge in [-0.1, -0.05) is 0 Å².